The molecule has 1 aliphatic rings. The topological polar surface area (TPSA) is 82.8 Å². The van der Waals surface area contributed by atoms with Gasteiger partial charge in [0.2, 0.25) is 5.91 Å². The van der Waals surface area contributed by atoms with Crippen molar-refractivity contribution >= 4 is 11.9 Å². The van der Waals surface area contributed by atoms with E-state index in [1.54, 1.807) is 0 Å². The third-order valence-electron chi connectivity index (χ3n) is 3.77. The molecule has 116 valence electrons. The molecule has 2 N–H and O–H groups in total. The van der Waals surface area contributed by atoms with Gasteiger partial charge in [0, 0.05) is 25.0 Å². The van der Waals surface area contributed by atoms with Crippen molar-refractivity contribution in [3.8, 4) is 0 Å². The maximum Gasteiger partial charge on any atom is 0.338 e. The van der Waals surface area contributed by atoms with Gasteiger partial charge >= 0.3 is 5.97 Å². The first-order chi connectivity index (χ1) is 9.97. The van der Waals surface area contributed by atoms with E-state index in [4.69, 9.17) is 9.52 Å². The molecular formula is C15H22N2O4. The van der Waals surface area contributed by atoms with Gasteiger partial charge in [-0.05, 0) is 18.9 Å². The van der Waals surface area contributed by atoms with Gasteiger partial charge in [-0.15, -0.1) is 0 Å². The van der Waals surface area contributed by atoms with E-state index < -0.39 is 5.97 Å². The maximum atomic E-state index is 11.9. The molecule has 0 spiro atoms. The van der Waals surface area contributed by atoms with Crippen LogP contribution in [-0.2, 0) is 11.3 Å². The summed E-state index contributed by atoms with van der Waals surface area (Å²) < 4.78 is 5.20. The Morgan fingerprint density at radius 3 is 2.62 bits per heavy atom. The van der Waals surface area contributed by atoms with Gasteiger partial charge < -0.3 is 19.7 Å². The Bertz CT molecular complexity index is 502. The number of nitrogens with one attached hydrogen (secondary N) is 1. The van der Waals surface area contributed by atoms with E-state index in [1.807, 2.05) is 18.7 Å². The molecule has 1 aromatic rings. The standard InChI is InChI=1S/C15H22N2O4/c1-10(2)14(18)17-5-3-12(4-6-17)16-8-13-7-11(9-21-13)15(19)20/h7,9-10,12,16H,3-6,8H2,1-2H3,(H,19,20). The number of carbonyl (C=O) groups excluding carboxylic acids is 1. The highest BCUT2D eigenvalue weighted by molar-refractivity contribution is 5.87. The quantitative estimate of drug-likeness (QED) is 0.864. The third-order valence-corrected chi connectivity index (χ3v) is 3.77. The molecule has 0 saturated carbocycles. The smallest absolute Gasteiger partial charge is 0.338 e. The van der Waals surface area contributed by atoms with Crippen LogP contribution >= 0.6 is 0 Å². The second-order valence-electron chi connectivity index (χ2n) is 5.74. The Kier molecular flexibility index (Phi) is 5.01. The average Bonchev–Trinajstić information content (AvgIpc) is 2.94. The number of hydrogen-bond acceptors (Lipinski definition) is 4. The summed E-state index contributed by atoms with van der Waals surface area (Å²) in [5.74, 6) is -0.101. The van der Waals surface area contributed by atoms with E-state index >= 15 is 0 Å². The number of carboxylic acids is 1. The van der Waals surface area contributed by atoms with E-state index in [-0.39, 0.29) is 17.4 Å². The van der Waals surface area contributed by atoms with Crippen LogP contribution in [-0.4, -0.2) is 41.0 Å². The van der Waals surface area contributed by atoms with Gasteiger partial charge in [-0.25, -0.2) is 4.79 Å². The van der Waals surface area contributed by atoms with Gasteiger partial charge in [0.25, 0.3) is 0 Å². The van der Waals surface area contributed by atoms with Crippen molar-refractivity contribution in [3.63, 3.8) is 0 Å². The van der Waals surface area contributed by atoms with Crippen LogP contribution in [0.4, 0.5) is 0 Å². The summed E-state index contributed by atoms with van der Waals surface area (Å²) in [5, 5.41) is 12.2. The van der Waals surface area contributed by atoms with Crippen LogP contribution in [0.2, 0.25) is 0 Å². The molecule has 1 amide bonds. The summed E-state index contributed by atoms with van der Waals surface area (Å²) in [6, 6.07) is 1.87. The Morgan fingerprint density at radius 2 is 2.10 bits per heavy atom. The number of hydrogen-bond donors (Lipinski definition) is 2. The molecule has 6 heteroatoms. The lowest BCUT2D eigenvalue weighted by molar-refractivity contribution is -0.135. The molecule has 2 heterocycles. The Morgan fingerprint density at radius 1 is 1.43 bits per heavy atom. The number of likely N-dealkylation sites (tertiary alicyclic amines) is 1. The molecule has 2 rings (SSSR count). The molecule has 1 aliphatic heterocycles. The second-order valence-corrected chi connectivity index (χ2v) is 5.74. The molecular weight excluding hydrogens is 272 g/mol. The summed E-state index contributed by atoms with van der Waals surface area (Å²) in [5.41, 5.74) is 0.171. The van der Waals surface area contributed by atoms with Crippen LogP contribution in [0.15, 0.2) is 16.7 Å². The molecule has 0 bridgehead atoms. The van der Waals surface area contributed by atoms with Crippen LogP contribution in [0.1, 0.15) is 42.8 Å². The summed E-state index contributed by atoms with van der Waals surface area (Å²) >= 11 is 0. The molecule has 0 aliphatic carbocycles. The van der Waals surface area contributed by atoms with E-state index in [1.165, 1.54) is 12.3 Å². The summed E-state index contributed by atoms with van der Waals surface area (Å²) in [6.07, 6.45) is 3.07. The maximum absolute atomic E-state index is 11.9. The van der Waals surface area contributed by atoms with Crippen molar-refractivity contribution in [3.05, 3.63) is 23.7 Å². The first kappa shape index (κ1) is 15.6. The molecule has 6 nitrogen and oxygen atoms in total. The highest BCUT2D eigenvalue weighted by atomic mass is 16.4. The first-order valence-corrected chi connectivity index (χ1v) is 7.30. The van der Waals surface area contributed by atoms with Gasteiger partial charge in [-0.2, -0.15) is 0 Å². The van der Waals surface area contributed by atoms with Gasteiger partial charge in [-0.3, -0.25) is 4.79 Å². The van der Waals surface area contributed by atoms with Crippen LogP contribution in [0.3, 0.4) is 0 Å². The summed E-state index contributed by atoms with van der Waals surface area (Å²) in [6.45, 7) is 5.89. The zero-order valence-electron chi connectivity index (χ0n) is 12.5. The largest absolute Gasteiger partial charge is 0.478 e. The van der Waals surface area contributed by atoms with Crippen LogP contribution in [0.25, 0.3) is 0 Å². The minimum Gasteiger partial charge on any atom is -0.478 e. The van der Waals surface area contributed by atoms with Crippen LogP contribution < -0.4 is 5.32 Å². The molecule has 1 fully saturated rings. The summed E-state index contributed by atoms with van der Waals surface area (Å²) in [7, 11) is 0. The number of rotatable bonds is 5. The zero-order chi connectivity index (χ0) is 15.4. The highest BCUT2D eigenvalue weighted by Gasteiger charge is 2.24. The SMILES string of the molecule is CC(C)C(=O)N1CCC(NCc2cc(C(=O)O)co2)CC1. The Labute approximate surface area is 124 Å². The zero-order valence-corrected chi connectivity index (χ0v) is 12.5. The lowest BCUT2D eigenvalue weighted by atomic mass is 10.0. The number of carboxylic acid groups (broad SMARTS) is 1. The monoisotopic (exact) mass is 294 g/mol. The fraction of sp³-hybridized carbons (Fsp3) is 0.600. The molecule has 0 aromatic carbocycles. The Balaban J connectivity index is 1.76. The van der Waals surface area contributed by atoms with Crippen molar-refractivity contribution in [2.24, 2.45) is 5.92 Å². The first-order valence-electron chi connectivity index (χ1n) is 7.30. The van der Waals surface area contributed by atoms with Crippen molar-refractivity contribution in [1.29, 1.82) is 0 Å². The van der Waals surface area contributed by atoms with Crippen molar-refractivity contribution in [1.82, 2.24) is 10.2 Å². The minimum atomic E-state index is -0.981. The number of carbonyl (C=O) groups is 2. The Hall–Kier alpha value is -1.82. The molecule has 21 heavy (non-hydrogen) atoms. The summed E-state index contributed by atoms with van der Waals surface area (Å²) in [4.78, 5) is 24.6. The predicted octanol–water partition coefficient (Wildman–Crippen LogP) is 1.71. The molecule has 0 radical (unpaired) electrons. The van der Waals surface area contributed by atoms with Crippen molar-refractivity contribution in [2.45, 2.75) is 39.3 Å². The lowest BCUT2D eigenvalue weighted by Crippen LogP contribution is -2.45. The average molecular weight is 294 g/mol. The van der Waals surface area contributed by atoms with E-state index in [9.17, 15) is 9.59 Å². The predicted molar refractivity (Wildman–Crippen MR) is 76.9 cm³/mol. The van der Waals surface area contributed by atoms with Crippen LogP contribution in [0, 0.1) is 5.92 Å². The lowest BCUT2D eigenvalue weighted by Gasteiger charge is -2.33. The molecule has 0 atom stereocenters. The van der Waals surface area contributed by atoms with Gasteiger partial charge in [0.05, 0.1) is 12.1 Å². The third kappa shape index (κ3) is 4.07. The fourth-order valence-corrected chi connectivity index (χ4v) is 2.50. The molecule has 1 saturated heterocycles. The van der Waals surface area contributed by atoms with E-state index in [0.29, 0.717) is 18.3 Å². The van der Waals surface area contributed by atoms with Crippen molar-refractivity contribution < 1.29 is 19.1 Å². The number of nitrogens with zero attached hydrogens (tertiary/aromatic N) is 1. The normalized spacial score (nSPS) is 16.4. The minimum absolute atomic E-state index is 0.0482. The molecule has 0 unspecified atom stereocenters. The second kappa shape index (κ2) is 6.76. The van der Waals surface area contributed by atoms with Gasteiger partial charge in [-0.1, -0.05) is 13.8 Å². The van der Waals surface area contributed by atoms with Gasteiger partial charge in [0.15, 0.2) is 0 Å². The van der Waals surface area contributed by atoms with E-state index in [0.717, 1.165) is 25.9 Å². The highest BCUT2D eigenvalue weighted by Crippen LogP contribution is 2.14. The van der Waals surface area contributed by atoms with Gasteiger partial charge in [0.1, 0.15) is 12.0 Å². The fourth-order valence-electron chi connectivity index (χ4n) is 2.50. The number of aromatic carboxylic acids is 1. The van der Waals surface area contributed by atoms with Crippen LogP contribution in [0.5, 0.6) is 0 Å². The number of furan rings is 1. The number of piperidine rings is 1. The van der Waals surface area contributed by atoms with E-state index in [2.05, 4.69) is 5.32 Å². The number of amides is 1. The van der Waals surface area contributed by atoms with Crippen molar-refractivity contribution in [2.75, 3.05) is 13.1 Å². The molecule has 1 aromatic heterocycles.